The molecular formula is C18H28N2O2. The minimum Gasteiger partial charge on any atom is -0.389 e. The molecule has 0 spiro atoms. The summed E-state index contributed by atoms with van der Waals surface area (Å²) in [6.45, 7) is 6.35. The first-order valence-corrected chi connectivity index (χ1v) is 8.17. The zero-order chi connectivity index (χ0) is 16.2. The predicted molar refractivity (Wildman–Crippen MR) is 88.5 cm³/mol. The van der Waals surface area contributed by atoms with E-state index in [1.807, 2.05) is 30.3 Å². The molecule has 2 N–H and O–H groups in total. The van der Waals surface area contributed by atoms with E-state index in [4.69, 9.17) is 0 Å². The van der Waals surface area contributed by atoms with Crippen molar-refractivity contribution in [3.05, 3.63) is 35.9 Å². The minimum atomic E-state index is -0.911. The summed E-state index contributed by atoms with van der Waals surface area (Å²) in [6, 6.07) is 9.99. The van der Waals surface area contributed by atoms with E-state index < -0.39 is 5.60 Å². The first-order valence-electron chi connectivity index (χ1n) is 8.17. The van der Waals surface area contributed by atoms with Crippen LogP contribution in [0.3, 0.4) is 0 Å². The van der Waals surface area contributed by atoms with Gasteiger partial charge in [0.2, 0.25) is 0 Å². The maximum Gasteiger partial charge on any atom is 0.318 e. The van der Waals surface area contributed by atoms with Crippen LogP contribution in [-0.4, -0.2) is 34.2 Å². The van der Waals surface area contributed by atoms with Gasteiger partial charge in [-0.25, -0.2) is 4.79 Å². The van der Waals surface area contributed by atoms with Crippen molar-refractivity contribution in [3.8, 4) is 0 Å². The van der Waals surface area contributed by atoms with Gasteiger partial charge in [-0.2, -0.15) is 0 Å². The van der Waals surface area contributed by atoms with Gasteiger partial charge in [-0.05, 0) is 45.1 Å². The Balaban J connectivity index is 2.00. The second-order valence-corrected chi connectivity index (χ2v) is 7.08. The predicted octanol–water partition coefficient (Wildman–Crippen LogP) is 3.16. The van der Waals surface area contributed by atoms with Crippen molar-refractivity contribution in [1.82, 2.24) is 10.2 Å². The maximum absolute atomic E-state index is 12.6. The Bertz CT molecular complexity index is 478. The van der Waals surface area contributed by atoms with Crippen LogP contribution in [0.4, 0.5) is 4.79 Å². The number of rotatable bonds is 6. The van der Waals surface area contributed by atoms with Crippen LogP contribution in [0, 0.1) is 5.92 Å². The van der Waals surface area contributed by atoms with Crippen LogP contribution >= 0.6 is 0 Å². The Kier molecular flexibility index (Phi) is 5.46. The van der Waals surface area contributed by atoms with Gasteiger partial charge >= 0.3 is 6.03 Å². The molecule has 1 aliphatic carbocycles. The fraction of sp³-hybridized carbons (Fsp3) is 0.611. The molecule has 1 aromatic carbocycles. The second-order valence-electron chi connectivity index (χ2n) is 7.08. The molecule has 1 atom stereocenters. The van der Waals surface area contributed by atoms with E-state index in [0.29, 0.717) is 19.0 Å². The number of hydrogen-bond donors (Lipinski definition) is 2. The van der Waals surface area contributed by atoms with E-state index in [0.717, 1.165) is 5.56 Å². The Labute approximate surface area is 133 Å². The molecule has 1 saturated carbocycles. The normalized spacial score (nSPS) is 16.7. The van der Waals surface area contributed by atoms with Crippen LogP contribution < -0.4 is 5.32 Å². The molecular weight excluding hydrogens is 276 g/mol. The molecule has 2 amide bonds. The molecule has 122 valence electrons. The summed E-state index contributed by atoms with van der Waals surface area (Å²) >= 11 is 0. The summed E-state index contributed by atoms with van der Waals surface area (Å²) in [4.78, 5) is 14.3. The van der Waals surface area contributed by atoms with Crippen molar-refractivity contribution >= 4 is 6.03 Å². The molecule has 0 bridgehead atoms. The number of hydrogen-bond acceptors (Lipinski definition) is 2. The molecule has 0 heterocycles. The van der Waals surface area contributed by atoms with Crippen molar-refractivity contribution in [1.29, 1.82) is 0 Å². The molecule has 0 radical (unpaired) electrons. The molecule has 1 aromatic rings. The Morgan fingerprint density at radius 2 is 2.00 bits per heavy atom. The largest absolute Gasteiger partial charge is 0.389 e. The van der Waals surface area contributed by atoms with Gasteiger partial charge in [0, 0.05) is 12.6 Å². The van der Waals surface area contributed by atoms with E-state index >= 15 is 0 Å². The topological polar surface area (TPSA) is 52.6 Å². The lowest BCUT2D eigenvalue weighted by molar-refractivity contribution is 0.0435. The van der Waals surface area contributed by atoms with E-state index in [1.54, 1.807) is 18.7 Å². The monoisotopic (exact) mass is 304 g/mol. The zero-order valence-corrected chi connectivity index (χ0v) is 13.9. The highest BCUT2D eigenvalue weighted by atomic mass is 16.3. The van der Waals surface area contributed by atoms with Gasteiger partial charge in [-0.3, -0.25) is 0 Å². The zero-order valence-electron chi connectivity index (χ0n) is 13.9. The minimum absolute atomic E-state index is 0.0922. The number of aliphatic hydroxyl groups is 1. The third-order valence-electron chi connectivity index (χ3n) is 4.29. The summed E-state index contributed by atoms with van der Waals surface area (Å²) in [6.07, 6.45) is 3.67. The highest BCUT2D eigenvalue weighted by Gasteiger charge is 2.28. The molecule has 22 heavy (non-hydrogen) atoms. The molecule has 0 saturated heterocycles. The van der Waals surface area contributed by atoms with Crippen molar-refractivity contribution in [3.63, 3.8) is 0 Å². The van der Waals surface area contributed by atoms with Crippen molar-refractivity contribution < 1.29 is 9.90 Å². The number of urea groups is 1. The summed E-state index contributed by atoms with van der Waals surface area (Å²) < 4.78 is 0. The van der Waals surface area contributed by atoms with Crippen LogP contribution in [0.15, 0.2) is 30.3 Å². The fourth-order valence-electron chi connectivity index (χ4n) is 2.81. The third kappa shape index (κ3) is 5.02. The van der Waals surface area contributed by atoms with Gasteiger partial charge in [0.15, 0.2) is 0 Å². The number of amides is 2. The highest BCUT2D eigenvalue weighted by molar-refractivity contribution is 5.74. The van der Waals surface area contributed by atoms with Crippen molar-refractivity contribution in [2.75, 3.05) is 6.54 Å². The smallest absolute Gasteiger partial charge is 0.318 e. The quantitative estimate of drug-likeness (QED) is 0.848. The SMILES string of the molecule is CC(NC(=O)N(Cc1ccccc1)CC(C)(C)O)C1CCC1. The number of carbonyl (C=O) groups excluding carboxylic acids is 1. The fourth-order valence-corrected chi connectivity index (χ4v) is 2.81. The Hall–Kier alpha value is -1.55. The molecule has 2 rings (SSSR count). The lowest BCUT2D eigenvalue weighted by atomic mass is 9.80. The van der Waals surface area contributed by atoms with Gasteiger partial charge in [0.05, 0.1) is 12.1 Å². The summed E-state index contributed by atoms with van der Waals surface area (Å²) in [5.74, 6) is 0.602. The van der Waals surface area contributed by atoms with Gasteiger partial charge in [0.1, 0.15) is 0 Å². The van der Waals surface area contributed by atoms with Crippen molar-refractivity contribution in [2.45, 2.75) is 58.2 Å². The average molecular weight is 304 g/mol. The third-order valence-corrected chi connectivity index (χ3v) is 4.29. The van der Waals surface area contributed by atoms with Crippen LogP contribution in [0.2, 0.25) is 0 Å². The summed E-state index contributed by atoms with van der Waals surface area (Å²) in [5.41, 5.74) is 0.157. The van der Waals surface area contributed by atoms with Gasteiger partial charge < -0.3 is 15.3 Å². The molecule has 4 heteroatoms. The molecule has 1 unspecified atom stereocenters. The van der Waals surface area contributed by atoms with Crippen LogP contribution in [0.25, 0.3) is 0 Å². The second kappa shape index (κ2) is 7.14. The van der Waals surface area contributed by atoms with E-state index in [1.165, 1.54) is 19.3 Å². The van der Waals surface area contributed by atoms with Gasteiger partial charge in [0.25, 0.3) is 0 Å². The molecule has 0 aliphatic heterocycles. The van der Waals surface area contributed by atoms with Crippen LogP contribution in [-0.2, 0) is 6.54 Å². The maximum atomic E-state index is 12.6. The first kappa shape index (κ1) is 16.8. The number of nitrogens with one attached hydrogen (secondary N) is 1. The Morgan fingerprint density at radius 1 is 1.36 bits per heavy atom. The first-order chi connectivity index (χ1) is 10.3. The average Bonchev–Trinajstić information content (AvgIpc) is 2.35. The number of benzene rings is 1. The number of carbonyl (C=O) groups is 1. The van der Waals surface area contributed by atoms with Gasteiger partial charge in [-0.15, -0.1) is 0 Å². The highest BCUT2D eigenvalue weighted by Crippen LogP contribution is 2.29. The standard InChI is InChI=1S/C18H28N2O2/c1-14(16-10-7-11-16)19-17(21)20(13-18(2,3)22)12-15-8-5-4-6-9-15/h4-6,8-9,14,16,22H,7,10-13H2,1-3H3,(H,19,21). The summed E-state index contributed by atoms with van der Waals surface area (Å²) in [7, 11) is 0. The molecule has 1 aliphatic rings. The van der Waals surface area contributed by atoms with Crippen LogP contribution in [0.5, 0.6) is 0 Å². The molecule has 4 nitrogen and oxygen atoms in total. The van der Waals surface area contributed by atoms with E-state index in [-0.39, 0.29) is 12.1 Å². The van der Waals surface area contributed by atoms with Gasteiger partial charge in [-0.1, -0.05) is 36.8 Å². The Morgan fingerprint density at radius 3 is 2.50 bits per heavy atom. The molecule has 0 aromatic heterocycles. The van der Waals surface area contributed by atoms with E-state index in [2.05, 4.69) is 12.2 Å². The van der Waals surface area contributed by atoms with E-state index in [9.17, 15) is 9.90 Å². The van der Waals surface area contributed by atoms with Crippen LogP contribution in [0.1, 0.15) is 45.6 Å². The number of nitrogens with zero attached hydrogens (tertiary/aromatic N) is 1. The molecule has 1 fully saturated rings. The lowest BCUT2D eigenvalue weighted by Crippen LogP contribution is -2.50. The summed E-state index contributed by atoms with van der Waals surface area (Å²) in [5, 5.41) is 13.2. The lowest BCUT2D eigenvalue weighted by Gasteiger charge is -2.35. The van der Waals surface area contributed by atoms with Crippen molar-refractivity contribution in [2.24, 2.45) is 5.92 Å².